The lowest BCUT2D eigenvalue weighted by molar-refractivity contribution is -0.929. The Labute approximate surface area is 177 Å². The van der Waals surface area contributed by atoms with Gasteiger partial charge in [-0.2, -0.15) is 4.68 Å². The Morgan fingerprint density at radius 3 is 2.62 bits per heavy atom. The zero-order valence-corrected chi connectivity index (χ0v) is 17.5. The number of allylic oxidation sites excluding steroid dienone is 1. The first-order chi connectivity index (χ1) is 14.2. The van der Waals surface area contributed by atoms with E-state index in [1.165, 1.54) is 24.8 Å². The summed E-state index contributed by atoms with van der Waals surface area (Å²) in [5.41, 5.74) is 2.43. The van der Waals surface area contributed by atoms with Crippen molar-refractivity contribution in [2.45, 2.75) is 32.5 Å². The van der Waals surface area contributed by atoms with Crippen LogP contribution < -0.4 is 4.90 Å². The van der Waals surface area contributed by atoms with Crippen LogP contribution in [0.15, 0.2) is 67.5 Å². The summed E-state index contributed by atoms with van der Waals surface area (Å²) >= 11 is 5.74. The van der Waals surface area contributed by atoms with Gasteiger partial charge >= 0.3 is 0 Å². The average molecular weight is 407 g/mol. The fourth-order valence-electron chi connectivity index (χ4n) is 4.15. The number of nitrogens with zero attached hydrogens (tertiary/aromatic N) is 4. The van der Waals surface area contributed by atoms with Gasteiger partial charge in [-0.05, 0) is 55.1 Å². The molecule has 0 radical (unpaired) electrons. The van der Waals surface area contributed by atoms with Crippen molar-refractivity contribution in [2.24, 2.45) is 5.92 Å². The van der Waals surface area contributed by atoms with E-state index in [-0.39, 0.29) is 0 Å². The Balaban J connectivity index is 1.44. The number of nitrogens with one attached hydrogen (secondary N) is 1. The van der Waals surface area contributed by atoms with Crippen LogP contribution in [0.25, 0.3) is 11.4 Å². The number of hydrogen-bond donors (Lipinski definition) is 1. The fourth-order valence-corrected chi connectivity index (χ4v) is 4.42. The minimum Gasteiger partial charge on any atom is -0.316 e. The predicted octanol–water partition coefficient (Wildman–Crippen LogP) is 3.16. The molecular weight excluding hydrogens is 378 g/mol. The number of pyridine rings is 1. The molecule has 3 aromatic rings. The largest absolute Gasteiger partial charge is 0.316 e. The first kappa shape index (κ1) is 19.7. The molecule has 0 atom stereocenters. The highest BCUT2D eigenvalue weighted by Gasteiger charge is 2.24. The molecule has 5 nitrogen and oxygen atoms in total. The van der Waals surface area contributed by atoms with Crippen LogP contribution in [0.3, 0.4) is 0 Å². The van der Waals surface area contributed by atoms with Gasteiger partial charge in [-0.15, -0.1) is 11.7 Å². The van der Waals surface area contributed by atoms with Crippen molar-refractivity contribution < 1.29 is 4.90 Å². The number of piperidine rings is 1. The van der Waals surface area contributed by atoms with Crippen LogP contribution in [-0.4, -0.2) is 32.4 Å². The van der Waals surface area contributed by atoms with Crippen molar-refractivity contribution in [1.29, 1.82) is 0 Å². The smallest absolute Gasteiger partial charge is 0.203 e. The van der Waals surface area contributed by atoms with E-state index < -0.39 is 0 Å². The number of aromatic nitrogens is 4. The van der Waals surface area contributed by atoms with Gasteiger partial charge in [-0.3, -0.25) is 9.55 Å². The van der Waals surface area contributed by atoms with Gasteiger partial charge in [0.2, 0.25) is 4.77 Å². The maximum Gasteiger partial charge on any atom is 0.203 e. The van der Waals surface area contributed by atoms with Gasteiger partial charge in [-0.1, -0.05) is 36.4 Å². The minimum atomic E-state index is 0.650. The molecule has 1 aromatic carbocycles. The molecule has 0 spiro atoms. The maximum atomic E-state index is 5.74. The molecule has 0 saturated carbocycles. The van der Waals surface area contributed by atoms with E-state index in [4.69, 9.17) is 17.3 Å². The summed E-state index contributed by atoms with van der Waals surface area (Å²) in [6.07, 6.45) is 9.16. The third-order valence-corrected chi connectivity index (χ3v) is 6.14. The Morgan fingerprint density at radius 2 is 1.93 bits per heavy atom. The number of rotatable bonds is 7. The molecule has 29 heavy (non-hydrogen) atoms. The average Bonchev–Trinajstić information content (AvgIpc) is 3.07. The summed E-state index contributed by atoms with van der Waals surface area (Å²) in [6.45, 7) is 7.66. The Kier molecular flexibility index (Phi) is 6.32. The predicted molar refractivity (Wildman–Crippen MR) is 118 cm³/mol. The van der Waals surface area contributed by atoms with E-state index in [1.807, 2.05) is 33.7 Å². The second-order valence-corrected chi connectivity index (χ2v) is 8.15. The summed E-state index contributed by atoms with van der Waals surface area (Å²) < 4.78 is 4.78. The van der Waals surface area contributed by atoms with Crippen LogP contribution in [0.2, 0.25) is 0 Å². The lowest BCUT2D eigenvalue weighted by Crippen LogP contribution is -3.12. The lowest BCUT2D eigenvalue weighted by atomic mass is 9.90. The van der Waals surface area contributed by atoms with Gasteiger partial charge in [0.15, 0.2) is 12.5 Å². The van der Waals surface area contributed by atoms with Crippen LogP contribution in [0.4, 0.5) is 0 Å². The van der Waals surface area contributed by atoms with Crippen LogP contribution in [0.1, 0.15) is 18.4 Å². The van der Waals surface area contributed by atoms with E-state index in [9.17, 15) is 0 Å². The molecule has 6 heteroatoms. The summed E-state index contributed by atoms with van der Waals surface area (Å²) in [5, 5.41) is 4.85. The first-order valence-corrected chi connectivity index (χ1v) is 10.7. The van der Waals surface area contributed by atoms with E-state index in [0.717, 1.165) is 41.8 Å². The van der Waals surface area contributed by atoms with Crippen LogP contribution >= 0.6 is 12.2 Å². The number of benzene rings is 1. The molecule has 2 aromatic heterocycles. The molecule has 150 valence electrons. The zero-order chi connectivity index (χ0) is 20.1. The monoisotopic (exact) mass is 406 g/mol. The molecule has 0 aliphatic carbocycles. The molecule has 4 rings (SSSR count). The van der Waals surface area contributed by atoms with Gasteiger partial charge in [0, 0.05) is 24.5 Å². The Bertz CT molecular complexity index is 985. The summed E-state index contributed by atoms with van der Waals surface area (Å²) in [4.78, 5) is 5.78. The molecule has 0 amide bonds. The summed E-state index contributed by atoms with van der Waals surface area (Å²) in [7, 11) is 0. The standard InChI is InChI=1S/C23H27N5S/c1-2-13-27-22(21-9-6-12-24-17-21)25-28(23(27)29)18-26-14-10-20(11-15-26)16-19-7-4-3-5-8-19/h2-9,12,17,20H,1,10-11,13-16,18H2/p+1. The van der Waals surface area contributed by atoms with Crippen LogP contribution in [0.5, 0.6) is 0 Å². The van der Waals surface area contributed by atoms with Crippen molar-refractivity contribution in [1.82, 2.24) is 19.3 Å². The zero-order valence-electron chi connectivity index (χ0n) is 16.7. The van der Waals surface area contributed by atoms with Crippen molar-refractivity contribution in [3.8, 4) is 11.4 Å². The SMILES string of the molecule is C=CCn1c(-c2cccnc2)nn(C[NH+]2CCC(Cc3ccccc3)CC2)c1=S. The topological polar surface area (TPSA) is 40.1 Å². The van der Waals surface area contributed by atoms with Crippen LogP contribution in [0, 0.1) is 10.7 Å². The van der Waals surface area contributed by atoms with Gasteiger partial charge in [0.1, 0.15) is 0 Å². The molecule has 1 N–H and O–H groups in total. The number of likely N-dealkylation sites (tertiary alicyclic amines) is 1. The minimum absolute atomic E-state index is 0.650. The van der Waals surface area contributed by atoms with Crippen molar-refractivity contribution in [3.63, 3.8) is 0 Å². The normalized spacial score (nSPS) is 19.2. The summed E-state index contributed by atoms with van der Waals surface area (Å²) in [5.74, 6) is 1.64. The molecule has 1 fully saturated rings. The Morgan fingerprint density at radius 1 is 1.14 bits per heavy atom. The number of quaternary nitrogens is 1. The first-order valence-electron chi connectivity index (χ1n) is 10.3. The van der Waals surface area contributed by atoms with Crippen molar-refractivity contribution in [2.75, 3.05) is 13.1 Å². The third kappa shape index (κ3) is 4.71. The maximum absolute atomic E-state index is 5.74. The quantitative estimate of drug-likeness (QED) is 0.484. The van der Waals surface area contributed by atoms with E-state index in [0.29, 0.717) is 6.54 Å². The van der Waals surface area contributed by atoms with E-state index in [1.54, 1.807) is 11.1 Å². The lowest BCUT2D eigenvalue weighted by Gasteiger charge is -2.29. The molecule has 1 aliphatic heterocycles. The molecule has 1 aliphatic rings. The van der Waals surface area contributed by atoms with Crippen LogP contribution in [-0.2, 0) is 19.6 Å². The molecular formula is C23H28N5S+. The van der Waals surface area contributed by atoms with Gasteiger partial charge in [0.05, 0.1) is 13.1 Å². The highest BCUT2D eigenvalue weighted by atomic mass is 32.1. The molecule has 1 saturated heterocycles. The van der Waals surface area contributed by atoms with Gasteiger partial charge < -0.3 is 4.90 Å². The van der Waals surface area contributed by atoms with Crippen molar-refractivity contribution in [3.05, 3.63) is 77.8 Å². The van der Waals surface area contributed by atoms with E-state index >= 15 is 0 Å². The molecule has 3 heterocycles. The van der Waals surface area contributed by atoms with Crippen molar-refractivity contribution >= 4 is 12.2 Å². The third-order valence-electron chi connectivity index (χ3n) is 5.71. The second-order valence-electron chi connectivity index (χ2n) is 7.79. The fraction of sp³-hybridized carbons (Fsp3) is 0.348. The van der Waals surface area contributed by atoms with Gasteiger partial charge in [0.25, 0.3) is 0 Å². The Hall–Kier alpha value is -2.57. The number of hydrogen-bond acceptors (Lipinski definition) is 3. The van der Waals surface area contributed by atoms with E-state index in [2.05, 4.69) is 41.9 Å². The highest BCUT2D eigenvalue weighted by Crippen LogP contribution is 2.18. The van der Waals surface area contributed by atoms with Gasteiger partial charge in [-0.25, -0.2) is 0 Å². The summed E-state index contributed by atoms with van der Waals surface area (Å²) in [6, 6.07) is 14.8. The highest BCUT2D eigenvalue weighted by molar-refractivity contribution is 7.71. The molecule has 0 bridgehead atoms. The second kappa shape index (κ2) is 9.29. The molecule has 0 unspecified atom stereocenters.